The number of aliphatic hydroxyl groups is 2. The van der Waals surface area contributed by atoms with Crippen molar-refractivity contribution < 1.29 is 14.9 Å². The Bertz CT molecular complexity index is 726. The van der Waals surface area contributed by atoms with Crippen LogP contribution in [0.5, 0.6) is 5.75 Å². The first kappa shape index (κ1) is 16.9. The molecular formula is C21H27NO3. The summed E-state index contributed by atoms with van der Waals surface area (Å²) in [6, 6.07) is 8.53. The van der Waals surface area contributed by atoms with Gasteiger partial charge in [0.1, 0.15) is 11.4 Å². The third kappa shape index (κ3) is 2.19. The Morgan fingerprint density at radius 1 is 1.36 bits per heavy atom. The van der Waals surface area contributed by atoms with E-state index in [4.69, 9.17) is 4.74 Å². The highest BCUT2D eigenvalue weighted by Crippen LogP contribution is 2.65. The molecule has 0 spiro atoms. The van der Waals surface area contributed by atoms with Gasteiger partial charge < -0.3 is 14.9 Å². The van der Waals surface area contributed by atoms with Gasteiger partial charge >= 0.3 is 0 Å². The number of benzene rings is 1. The lowest BCUT2D eigenvalue weighted by Gasteiger charge is -2.52. The first-order valence-corrected chi connectivity index (χ1v) is 9.39. The van der Waals surface area contributed by atoms with Crippen molar-refractivity contribution in [3.05, 3.63) is 29.3 Å². The Morgan fingerprint density at radius 3 is 2.88 bits per heavy atom. The van der Waals surface area contributed by atoms with Gasteiger partial charge in [0.25, 0.3) is 0 Å². The number of aryl methyl sites for hydroxylation is 1. The molecule has 0 bridgehead atoms. The molecular weight excluding hydrogens is 314 g/mol. The number of hydrogen-bond donors (Lipinski definition) is 2. The molecule has 0 aliphatic heterocycles. The second kappa shape index (κ2) is 5.72. The molecule has 4 heteroatoms. The molecule has 0 unspecified atom stereocenters. The van der Waals surface area contributed by atoms with Crippen LogP contribution in [-0.4, -0.2) is 29.0 Å². The van der Waals surface area contributed by atoms with Gasteiger partial charge in [0.2, 0.25) is 0 Å². The Morgan fingerprint density at radius 2 is 2.16 bits per heavy atom. The van der Waals surface area contributed by atoms with Crippen molar-refractivity contribution >= 4 is 0 Å². The van der Waals surface area contributed by atoms with Crippen LogP contribution in [-0.2, 0) is 6.42 Å². The lowest BCUT2D eigenvalue weighted by Crippen LogP contribution is -2.53. The third-order valence-electron chi connectivity index (χ3n) is 7.69. The van der Waals surface area contributed by atoms with Crippen molar-refractivity contribution in [3.8, 4) is 11.8 Å². The molecule has 0 heterocycles. The summed E-state index contributed by atoms with van der Waals surface area (Å²) < 4.78 is 5.37. The van der Waals surface area contributed by atoms with Crippen LogP contribution < -0.4 is 4.74 Å². The summed E-state index contributed by atoms with van der Waals surface area (Å²) >= 11 is 0. The van der Waals surface area contributed by atoms with E-state index in [0.717, 1.165) is 31.4 Å². The number of nitriles is 1. The minimum atomic E-state index is -1.27. The van der Waals surface area contributed by atoms with Crippen molar-refractivity contribution in [2.45, 2.75) is 63.1 Å². The maximum atomic E-state index is 11.2. The second-order valence-electron chi connectivity index (χ2n) is 8.45. The van der Waals surface area contributed by atoms with E-state index in [0.29, 0.717) is 18.3 Å². The second-order valence-corrected chi connectivity index (χ2v) is 8.45. The first-order valence-electron chi connectivity index (χ1n) is 9.39. The Balaban J connectivity index is 1.69. The SMILES string of the molecule is COc1ccc2c(c1)CC[C@@H]1[C@@H]2CC[C@@]2(C)[C@H]1C[C@@H](O)[C@]2(O)CC#N. The highest BCUT2D eigenvalue weighted by molar-refractivity contribution is 5.41. The van der Waals surface area contributed by atoms with Crippen molar-refractivity contribution in [3.63, 3.8) is 0 Å². The van der Waals surface area contributed by atoms with E-state index in [1.807, 2.05) is 6.07 Å². The minimum Gasteiger partial charge on any atom is -0.497 e. The monoisotopic (exact) mass is 341 g/mol. The lowest BCUT2D eigenvalue weighted by atomic mass is 9.53. The number of ether oxygens (including phenoxy) is 1. The average Bonchev–Trinajstić information content (AvgIpc) is 2.82. The van der Waals surface area contributed by atoms with Crippen molar-refractivity contribution in [2.75, 3.05) is 7.11 Å². The van der Waals surface area contributed by atoms with Gasteiger partial charge in [-0.25, -0.2) is 0 Å². The third-order valence-corrected chi connectivity index (χ3v) is 7.69. The predicted octanol–water partition coefficient (Wildman–Crippen LogP) is 3.17. The smallest absolute Gasteiger partial charge is 0.119 e. The van der Waals surface area contributed by atoms with Crippen molar-refractivity contribution in [2.24, 2.45) is 17.3 Å². The van der Waals surface area contributed by atoms with Crippen LogP contribution in [0, 0.1) is 28.6 Å². The summed E-state index contributed by atoms with van der Waals surface area (Å²) in [5.74, 6) is 2.15. The summed E-state index contributed by atoms with van der Waals surface area (Å²) in [7, 11) is 1.70. The Kier molecular flexibility index (Phi) is 3.86. The maximum Gasteiger partial charge on any atom is 0.119 e. The quantitative estimate of drug-likeness (QED) is 0.866. The molecule has 6 atom stereocenters. The fourth-order valence-electron chi connectivity index (χ4n) is 6.23. The zero-order chi connectivity index (χ0) is 17.8. The fraction of sp³-hybridized carbons (Fsp3) is 0.667. The predicted molar refractivity (Wildman–Crippen MR) is 94.2 cm³/mol. The summed E-state index contributed by atoms with van der Waals surface area (Å²) in [5, 5.41) is 31.0. The number of hydrogen-bond acceptors (Lipinski definition) is 4. The summed E-state index contributed by atoms with van der Waals surface area (Å²) in [4.78, 5) is 0. The molecule has 3 aliphatic carbocycles. The largest absolute Gasteiger partial charge is 0.497 e. The van der Waals surface area contributed by atoms with Crippen LogP contribution in [0.1, 0.15) is 56.1 Å². The van der Waals surface area contributed by atoms with E-state index in [-0.39, 0.29) is 17.8 Å². The van der Waals surface area contributed by atoms with Crippen LogP contribution in [0.4, 0.5) is 0 Å². The van der Waals surface area contributed by atoms with Gasteiger partial charge in [-0.15, -0.1) is 0 Å². The molecule has 25 heavy (non-hydrogen) atoms. The van der Waals surface area contributed by atoms with Crippen LogP contribution in [0.2, 0.25) is 0 Å². The van der Waals surface area contributed by atoms with E-state index in [1.54, 1.807) is 7.11 Å². The van der Waals surface area contributed by atoms with Crippen LogP contribution in [0.25, 0.3) is 0 Å². The van der Waals surface area contributed by atoms with Crippen LogP contribution >= 0.6 is 0 Å². The van der Waals surface area contributed by atoms with Gasteiger partial charge in [-0.2, -0.15) is 5.26 Å². The number of methoxy groups -OCH3 is 1. The molecule has 4 nitrogen and oxygen atoms in total. The molecule has 1 aromatic rings. The van der Waals surface area contributed by atoms with Gasteiger partial charge in [-0.05, 0) is 73.1 Å². The molecule has 2 fully saturated rings. The van der Waals surface area contributed by atoms with Gasteiger partial charge in [0.05, 0.1) is 25.7 Å². The molecule has 0 radical (unpaired) electrons. The van der Waals surface area contributed by atoms with Gasteiger partial charge in [0.15, 0.2) is 0 Å². The fourth-order valence-corrected chi connectivity index (χ4v) is 6.23. The Labute approximate surface area is 149 Å². The zero-order valence-corrected chi connectivity index (χ0v) is 15.0. The van der Waals surface area contributed by atoms with Gasteiger partial charge in [-0.3, -0.25) is 0 Å². The molecule has 0 amide bonds. The van der Waals surface area contributed by atoms with Crippen LogP contribution in [0.15, 0.2) is 18.2 Å². The van der Waals surface area contributed by atoms with Crippen molar-refractivity contribution in [1.29, 1.82) is 5.26 Å². The van der Waals surface area contributed by atoms with Crippen LogP contribution in [0.3, 0.4) is 0 Å². The van der Waals surface area contributed by atoms with E-state index in [1.165, 1.54) is 11.1 Å². The van der Waals surface area contributed by atoms with E-state index < -0.39 is 11.7 Å². The molecule has 134 valence electrons. The highest BCUT2D eigenvalue weighted by atomic mass is 16.5. The van der Waals surface area contributed by atoms with E-state index in [2.05, 4.69) is 25.1 Å². The Hall–Kier alpha value is -1.57. The van der Waals surface area contributed by atoms with E-state index in [9.17, 15) is 15.5 Å². The topological polar surface area (TPSA) is 73.5 Å². The van der Waals surface area contributed by atoms with Gasteiger partial charge in [0, 0.05) is 5.41 Å². The summed E-state index contributed by atoms with van der Waals surface area (Å²) in [6.45, 7) is 2.10. The molecule has 4 rings (SSSR count). The number of rotatable bonds is 2. The maximum absolute atomic E-state index is 11.2. The molecule has 0 aromatic heterocycles. The lowest BCUT2D eigenvalue weighted by molar-refractivity contribution is -0.138. The standard InChI is InChI=1S/C21H27NO3/c1-20-8-7-16-15-6-4-14(25-2)11-13(15)3-5-17(16)18(20)12-19(23)21(20,24)9-10-22/h4,6,11,16-19,23-24H,3,5,7-9,12H2,1-2H3/t16-,17-,18+,19-,20+,21-/m1/s1. The first-order chi connectivity index (χ1) is 11.9. The number of fused-ring (bicyclic) bond motifs is 5. The number of aliphatic hydroxyl groups excluding tert-OH is 1. The normalized spacial score (nSPS) is 42.0. The highest BCUT2D eigenvalue weighted by Gasteiger charge is 2.65. The number of nitrogens with zero attached hydrogens (tertiary/aromatic N) is 1. The van der Waals surface area contributed by atoms with E-state index >= 15 is 0 Å². The molecule has 1 aromatic carbocycles. The van der Waals surface area contributed by atoms with Crippen molar-refractivity contribution in [1.82, 2.24) is 0 Å². The molecule has 2 saturated carbocycles. The molecule has 3 aliphatic rings. The zero-order valence-electron chi connectivity index (χ0n) is 15.0. The summed E-state index contributed by atoms with van der Waals surface area (Å²) in [5.41, 5.74) is 1.17. The minimum absolute atomic E-state index is 0.0202. The average molecular weight is 341 g/mol. The van der Waals surface area contributed by atoms with Gasteiger partial charge in [-0.1, -0.05) is 13.0 Å². The summed E-state index contributed by atoms with van der Waals surface area (Å²) in [6.07, 6.45) is 3.82. The molecule has 0 saturated heterocycles. The molecule has 2 N–H and O–H groups in total.